The number of rotatable bonds is 7. The predicted molar refractivity (Wildman–Crippen MR) is 138 cm³/mol. The molecule has 1 aliphatic heterocycles. The lowest BCUT2D eigenvalue weighted by atomic mass is 10.1. The van der Waals surface area contributed by atoms with Crippen molar-refractivity contribution in [1.29, 1.82) is 0 Å². The van der Waals surface area contributed by atoms with Crippen LogP contribution in [0.5, 0.6) is 0 Å². The molecule has 4 rings (SSSR count). The summed E-state index contributed by atoms with van der Waals surface area (Å²) in [5.41, 5.74) is 16.1. The highest BCUT2D eigenvalue weighted by molar-refractivity contribution is 5.79. The summed E-state index contributed by atoms with van der Waals surface area (Å²) in [6.07, 6.45) is 7.78. The van der Waals surface area contributed by atoms with Crippen molar-refractivity contribution >= 4 is 17.2 Å². The third kappa shape index (κ3) is 5.56. The van der Waals surface area contributed by atoms with E-state index in [4.69, 9.17) is 11.5 Å². The smallest absolute Gasteiger partial charge is 0.397 e. The maximum Gasteiger partial charge on any atom is 0.419 e. The molecule has 2 fully saturated rings. The zero-order valence-electron chi connectivity index (χ0n) is 20.3. The molecule has 3 heterocycles. The summed E-state index contributed by atoms with van der Waals surface area (Å²) in [6, 6.07) is 4.21. The number of halogens is 3. The number of pyridine rings is 2. The Labute approximate surface area is 209 Å². The number of hydrogen-bond acceptors (Lipinski definition) is 6. The number of allylic oxidation sites excluding steroid dienone is 4. The number of piperidine rings is 1. The first-order valence-corrected chi connectivity index (χ1v) is 12.1. The van der Waals surface area contributed by atoms with Gasteiger partial charge in [0.1, 0.15) is 11.5 Å². The molecule has 0 unspecified atom stereocenters. The molecular weight excluding hydrogens is 465 g/mol. The number of alkyl halides is 3. The van der Waals surface area contributed by atoms with Gasteiger partial charge in [0.15, 0.2) is 0 Å². The van der Waals surface area contributed by atoms with Crippen molar-refractivity contribution in [2.45, 2.75) is 45.2 Å². The van der Waals surface area contributed by atoms with Crippen molar-refractivity contribution in [1.82, 2.24) is 20.2 Å². The van der Waals surface area contributed by atoms with E-state index < -0.39 is 17.6 Å². The van der Waals surface area contributed by atoms with Gasteiger partial charge in [0.05, 0.1) is 34.0 Å². The van der Waals surface area contributed by atoms with E-state index in [1.807, 2.05) is 13.0 Å². The van der Waals surface area contributed by atoms with E-state index in [2.05, 4.69) is 32.8 Å². The Kier molecular flexibility index (Phi) is 7.37. The van der Waals surface area contributed by atoms with Gasteiger partial charge in [0.25, 0.3) is 0 Å². The van der Waals surface area contributed by atoms with Gasteiger partial charge in [-0.25, -0.2) is 9.97 Å². The molecule has 1 saturated heterocycles. The van der Waals surface area contributed by atoms with Gasteiger partial charge in [-0.15, -0.1) is 0 Å². The number of nitrogens with zero attached hydrogens (tertiary/aromatic N) is 3. The molecule has 9 heteroatoms. The molecule has 5 N–H and O–H groups in total. The molecule has 0 amide bonds. The van der Waals surface area contributed by atoms with Crippen LogP contribution in [0, 0.1) is 0 Å². The van der Waals surface area contributed by atoms with Crippen LogP contribution in [0.3, 0.4) is 0 Å². The Morgan fingerprint density at radius 2 is 1.86 bits per heavy atom. The topological polar surface area (TPSA) is 93.1 Å². The van der Waals surface area contributed by atoms with E-state index >= 15 is 0 Å². The number of anilines is 2. The molecule has 0 atom stereocenters. The molecule has 1 saturated carbocycles. The molecule has 0 bridgehead atoms. The highest BCUT2D eigenvalue weighted by Gasteiger charge is 2.34. The highest BCUT2D eigenvalue weighted by Crippen LogP contribution is 2.39. The quantitative estimate of drug-likeness (QED) is 0.415. The van der Waals surface area contributed by atoms with Crippen LogP contribution in [0.1, 0.15) is 50.3 Å². The van der Waals surface area contributed by atoms with Crippen molar-refractivity contribution in [3.63, 3.8) is 0 Å². The number of hydrogen-bond donors (Lipinski definition) is 3. The molecule has 2 aromatic heterocycles. The second kappa shape index (κ2) is 10.5. The number of aromatic nitrogens is 2. The van der Waals surface area contributed by atoms with Crippen molar-refractivity contribution in [2.75, 3.05) is 24.6 Å². The van der Waals surface area contributed by atoms with Crippen LogP contribution in [-0.4, -0.2) is 28.0 Å². The Morgan fingerprint density at radius 1 is 1.14 bits per heavy atom. The maximum absolute atomic E-state index is 13.4. The SMILES string of the molecule is C=C/C(NC(=C1CC1)c1nc(-c2cnc(N)c(C(F)(F)F)c2)ccc1N)=C(\C=C/C)N1CCCCC1. The summed E-state index contributed by atoms with van der Waals surface area (Å²) in [4.78, 5) is 10.8. The molecule has 0 radical (unpaired) electrons. The molecule has 36 heavy (non-hydrogen) atoms. The van der Waals surface area contributed by atoms with E-state index in [0.717, 1.165) is 67.5 Å². The van der Waals surface area contributed by atoms with Crippen LogP contribution in [-0.2, 0) is 6.18 Å². The predicted octanol–water partition coefficient (Wildman–Crippen LogP) is 5.88. The van der Waals surface area contributed by atoms with Gasteiger partial charge in [-0.1, -0.05) is 12.7 Å². The Balaban J connectivity index is 1.75. The lowest BCUT2D eigenvalue weighted by Crippen LogP contribution is -2.31. The second-order valence-corrected chi connectivity index (χ2v) is 8.94. The fourth-order valence-electron chi connectivity index (χ4n) is 4.31. The summed E-state index contributed by atoms with van der Waals surface area (Å²) in [7, 11) is 0. The van der Waals surface area contributed by atoms with Crippen molar-refractivity contribution in [2.24, 2.45) is 0 Å². The maximum atomic E-state index is 13.4. The van der Waals surface area contributed by atoms with Gasteiger partial charge >= 0.3 is 6.18 Å². The molecule has 0 aromatic carbocycles. The van der Waals surface area contributed by atoms with Gasteiger partial charge in [-0.3, -0.25) is 0 Å². The van der Waals surface area contributed by atoms with Crippen molar-refractivity contribution in [3.05, 3.63) is 77.4 Å². The monoisotopic (exact) mass is 496 g/mol. The molecule has 2 aromatic rings. The van der Waals surface area contributed by atoms with Crippen LogP contribution >= 0.6 is 0 Å². The molecular formula is C27H31F3N6. The van der Waals surface area contributed by atoms with Gasteiger partial charge in [-0.05, 0) is 75.0 Å². The second-order valence-electron chi connectivity index (χ2n) is 8.94. The van der Waals surface area contributed by atoms with E-state index in [1.165, 1.54) is 12.6 Å². The first kappa shape index (κ1) is 25.3. The largest absolute Gasteiger partial charge is 0.419 e. The minimum atomic E-state index is -4.62. The van der Waals surface area contributed by atoms with Crippen LogP contribution < -0.4 is 16.8 Å². The number of likely N-dealkylation sites (tertiary alicyclic amines) is 1. The number of nitrogens with two attached hydrogens (primary N) is 2. The first-order valence-electron chi connectivity index (χ1n) is 12.1. The lowest BCUT2D eigenvalue weighted by Gasteiger charge is -2.31. The third-order valence-corrected chi connectivity index (χ3v) is 6.30. The van der Waals surface area contributed by atoms with Gasteiger partial charge < -0.3 is 21.7 Å². The minimum Gasteiger partial charge on any atom is -0.397 e. The van der Waals surface area contributed by atoms with Crippen LogP contribution in [0.2, 0.25) is 0 Å². The zero-order valence-corrected chi connectivity index (χ0v) is 20.3. The summed E-state index contributed by atoms with van der Waals surface area (Å²) in [5.74, 6) is -0.570. The van der Waals surface area contributed by atoms with Gasteiger partial charge in [0, 0.05) is 24.8 Å². The highest BCUT2D eigenvalue weighted by atomic mass is 19.4. The minimum absolute atomic E-state index is 0.209. The standard InChI is InChI=1S/C27H31F3N6/c1-3-8-23(36-13-6-5-7-14-36)21(4-2)34-24(17-9-10-17)25-20(31)11-12-22(35-25)18-15-19(27(28,29)30)26(32)33-16-18/h3-4,8,11-12,15-16,34H,2,5-7,9-10,13-14,31H2,1H3,(H2,32,33)/b8-3-,23-21-. The molecule has 6 nitrogen and oxygen atoms in total. The van der Waals surface area contributed by atoms with E-state index in [-0.39, 0.29) is 5.56 Å². The summed E-state index contributed by atoms with van der Waals surface area (Å²) < 4.78 is 40.2. The summed E-state index contributed by atoms with van der Waals surface area (Å²) in [5, 5.41) is 3.52. The van der Waals surface area contributed by atoms with Crippen LogP contribution in [0.4, 0.5) is 24.7 Å². The average molecular weight is 497 g/mol. The number of nitrogen functional groups attached to an aromatic ring is 2. The normalized spacial score (nSPS) is 16.7. The fourth-order valence-corrected chi connectivity index (χ4v) is 4.31. The van der Waals surface area contributed by atoms with Crippen molar-refractivity contribution in [3.8, 4) is 11.3 Å². The van der Waals surface area contributed by atoms with Gasteiger partial charge in [-0.2, -0.15) is 13.2 Å². The Bertz CT molecular complexity index is 1230. The third-order valence-electron chi connectivity index (χ3n) is 6.30. The number of nitrogens with one attached hydrogen (secondary N) is 1. The van der Waals surface area contributed by atoms with Crippen LogP contribution in [0.15, 0.2) is 66.2 Å². The molecule has 190 valence electrons. The molecule has 1 aliphatic carbocycles. The Morgan fingerprint density at radius 3 is 2.47 bits per heavy atom. The summed E-state index contributed by atoms with van der Waals surface area (Å²) >= 11 is 0. The summed E-state index contributed by atoms with van der Waals surface area (Å²) in [6.45, 7) is 7.94. The van der Waals surface area contributed by atoms with E-state index in [1.54, 1.807) is 18.2 Å². The van der Waals surface area contributed by atoms with E-state index in [9.17, 15) is 13.2 Å². The fraction of sp³-hybridized carbons (Fsp3) is 0.333. The van der Waals surface area contributed by atoms with Crippen LogP contribution in [0.25, 0.3) is 17.0 Å². The van der Waals surface area contributed by atoms with Crippen molar-refractivity contribution < 1.29 is 13.2 Å². The average Bonchev–Trinajstić information content (AvgIpc) is 3.70. The Hall–Kier alpha value is -3.75. The first-order chi connectivity index (χ1) is 17.2. The molecule has 0 spiro atoms. The lowest BCUT2D eigenvalue weighted by molar-refractivity contribution is -0.137. The zero-order chi connectivity index (χ0) is 25.9. The van der Waals surface area contributed by atoms with Gasteiger partial charge in [0.2, 0.25) is 0 Å². The van der Waals surface area contributed by atoms with E-state index in [0.29, 0.717) is 17.1 Å². The molecule has 2 aliphatic rings.